The molecule has 142 valence electrons. The van der Waals surface area contributed by atoms with Gasteiger partial charge in [-0.15, -0.1) is 10.2 Å². The van der Waals surface area contributed by atoms with Gasteiger partial charge in [-0.1, -0.05) is 55.8 Å². The molecule has 27 heavy (non-hydrogen) atoms. The maximum atomic E-state index is 11.3. The summed E-state index contributed by atoms with van der Waals surface area (Å²) < 4.78 is 1.96. The van der Waals surface area contributed by atoms with Gasteiger partial charge in [0.05, 0.1) is 5.02 Å². The van der Waals surface area contributed by atoms with Gasteiger partial charge in [0.25, 0.3) is 0 Å². The fourth-order valence-corrected chi connectivity index (χ4v) is 3.32. The van der Waals surface area contributed by atoms with Crippen molar-refractivity contribution in [2.45, 2.75) is 32.6 Å². The van der Waals surface area contributed by atoms with E-state index in [0.29, 0.717) is 22.0 Å². The number of amides is 1. The summed E-state index contributed by atoms with van der Waals surface area (Å²) in [4.78, 5) is 11.3. The van der Waals surface area contributed by atoms with Crippen molar-refractivity contribution in [1.29, 1.82) is 0 Å². The molecule has 2 aromatic rings. The molecule has 0 saturated carbocycles. The van der Waals surface area contributed by atoms with Crippen molar-refractivity contribution in [3.63, 3.8) is 0 Å². The number of carbonyl (C=O) groups is 1. The molecule has 1 atom stereocenters. The highest BCUT2D eigenvalue weighted by Crippen LogP contribution is 2.33. The molecule has 2 N–H and O–H groups in total. The van der Waals surface area contributed by atoms with Crippen molar-refractivity contribution in [1.82, 2.24) is 14.8 Å². The average Bonchev–Trinajstić information content (AvgIpc) is 3.02. The number of aromatic nitrogens is 3. The van der Waals surface area contributed by atoms with Crippen molar-refractivity contribution in [2.24, 2.45) is 12.8 Å². The Kier molecular flexibility index (Phi) is 7.13. The number of benzene rings is 1. The Morgan fingerprint density at radius 3 is 2.70 bits per heavy atom. The van der Waals surface area contributed by atoms with Crippen LogP contribution >= 0.6 is 11.6 Å². The van der Waals surface area contributed by atoms with Gasteiger partial charge in [-0.3, -0.25) is 4.79 Å². The molecular weight excluding hydrogens is 360 g/mol. The highest BCUT2D eigenvalue weighted by molar-refractivity contribution is 6.33. The van der Waals surface area contributed by atoms with Crippen LogP contribution in [0.25, 0.3) is 11.4 Å². The summed E-state index contributed by atoms with van der Waals surface area (Å²) in [6.07, 6.45) is 9.78. The average molecular weight is 385 g/mol. The quantitative estimate of drug-likeness (QED) is 0.664. The number of hydrogen-bond acceptors (Lipinski definition) is 3. The standard InChI is InChI=1S/C21H25ClN4O/c1-5-8-10-14(7-3)16(9-6-2)20-24-25-21(26(20)4)17-12-11-15(19(23)27)13-18(17)22/h5,7-8,10-13,16H,1,6,9H2,2-4H3,(H2,23,27)/b10-8-,14-7+. The molecule has 2 rings (SSSR count). The molecule has 0 aliphatic carbocycles. The molecule has 6 heteroatoms. The van der Waals surface area contributed by atoms with Crippen molar-refractivity contribution in [3.8, 4) is 11.4 Å². The minimum absolute atomic E-state index is 0.117. The van der Waals surface area contributed by atoms with Crippen molar-refractivity contribution in [3.05, 3.63) is 71.1 Å². The second kappa shape index (κ2) is 9.33. The first-order valence-electron chi connectivity index (χ1n) is 8.88. The smallest absolute Gasteiger partial charge is 0.248 e. The zero-order chi connectivity index (χ0) is 20.0. The molecular formula is C21H25ClN4O. The predicted octanol–water partition coefficient (Wildman–Crippen LogP) is 4.81. The van der Waals surface area contributed by atoms with Gasteiger partial charge in [0.1, 0.15) is 5.82 Å². The van der Waals surface area contributed by atoms with Gasteiger partial charge in [0.15, 0.2) is 5.82 Å². The first-order valence-corrected chi connectivity index (χ1v) is 9.26. The number of hydrogen-bond donors (Lipinski definition) is 1. The van der Waals surface area contributed by atoms with E-state index in [1.54, 1.807) is 24.3 Å². The van der Waals surface area contributed by atoms with E-state index < -0.39 is 5.91 Å². The molecule has 0 saturated heterocycles. The topological polar surface area (TPSA) is 73.8 Å². The number of allylic oxidation sites excluding steroid dienone is 5. The summed E-state index contributed by atoms with van der Waals surface area (Å²) in [6, 6.07) is 4.95. The summed E-state index contributed by atoms with van der Waals surface area (Å²) in [5, 5.41) is 9.23. The van der Waals surface area contributed by atoms with E-state index in [1.165, 1.54) is 0 Å². The van der Waals surface area contributed by atoms with Crippen molar-refractivity contribution in [2.75, 3.05) is 0 Å². The van der Waals surface area contributed by atoms with Crippen LogP contribution in [0.3, 0.4) is 0 Å². The van der Waals surface area contributed by atoms with Gasteiger partial charge in [0, 0.05) is 24.1 Å². The lowest BCUT2D eigenvalue weighted by molar-refractivity contribution is 0.100. The summed E-state index contributed by atoms with van der Waals surface area (Å²) >= 11 is 6.37. The Labute approximate surface area is 165 Å². The summed E-state index contributed by atoms with van der Waals surface area (Å²) in [5.41, 5.74) is 7.55. The van der Waals surface area contributed by atoms with Gasteiger partial charge >= 0.3 is 0 Å². The Morgan fingerprint density at radius 2 is 2.15 bits per heavy atom. The molecule has 1 heterocycles. The monoisotopic (exact) mass is 384 g/mol. The fraction of sp³-hybridized carbons (Fsp3) is 0.286. The van der Waals surface area contributed by atoms with E-state index in [-0.39, 0.29) is 5.92 Å². The lowest BCUT2D eigenvalue weighted by Crippen LogP contribution is -2.11. The van der Waals surface area contributed by atoms with E-state index in [1.807, 2.05) is 24.6 Å². The number of halogens is 1. The zero-order valence-electron chi connectivity index (χ0n) is 15.9. The number of nitrogens with zero attached hydrogens (tertiary/aromatic N) is 3. The van der Waals surface area contributed by atoms with Gasteiger partial charge in [-0.25, -0.2) is 0 Å². The molecule has 1 unspecified atom stereocenters. The molecule has 0 fully saturated rings. The van der Waals surface area contributed by atoms with Crippen LogP contribution in [0, 0.1) is 0 Å². The molecule has 1 aromatic heterocycles. The van der Waals surface area contributed by atoms with E-state index in [4.69, 9.17) is 17.3 Å². The summed E-state index contributed by atoms with van der Waals surface area (Å²) in [7, 11) is 1.93. The molecule has 0 bridgehead atoms. The van der Waals surface area contributed by atoms with Crippen LogP contribution in [0.15, 0.2) is 54.7 Å². The van der Waals surface area contributed by atoms with Crippen molar-refractivity contribution < 1.29 is 4.79 Å². The van der Waals surface area contributed by atoms with Crippen LogP contribution in [0.2, 0.25) is 5.02 Å². The molecule has 5 nitrogen and oxygen atoms in total. The van der Waals surface area contributed by atoms with Gasteiger partial charge in [-0.2, -0.15) is 0 Å². The first kappa shape index (κ1) is 20.6. The third kappa shape index (κ3) is 4.55. The third-order valence-electron chi connectivity index (χ3n) is 4.45. The van der Waals surface area contributed by atoms with E-state index >= 15 is 0 Å². The fourth-order valence-electron chi connectivity index (χ4n) is 3.06. The normalized spacial score (nSPS) is 13.1. The lowest BCUT2D eigenvalue weighted by atomic mass is 9.92. The maximum absolute atomic E-state index is 11.3. The van der Waals surface area contributed by atoms with Crippen LogP contribution in [0.4, 0.5) is 0 Å². The zero-order valence-corrected chi connectivity index (χ0v) is 16.7. The second-order valence-electron chi connectivity index (χ2n) is 6.22. The first-order chi connectivity index (χ1) is 12.9. The number of nitrogens with two attached hydrogens (primary N) is 1. The predicted molar refractivity (Wildman–Crippen MR) is 111 cm³/mol. The Morgan fingerprint density at radius 1 is 1.41 bits per heavy atom. The minimum Gasteiger partial charge on any atom is -0.366 e. The largest absolute Gasteiger partial charge is 0.366 e. The Balaban J connectivity index is 2.49. The lowest BCUT2D eigenvalue weighted by Gasteiger charge is -2.17. The van der Waals surface area contributed by atoms with Gasteiger partial charge < -0.3 is 10.3 Å². The van der Waals surface area contributed by atoms with Crippen LogP contribution in [-0.2, 0) is 7.05 Å². The SMILES string of the molecule is C=C/C=C\C(=C/C)C(CCC)c1nnc(-c2ccc(C(N)=O)cc2Cl)n1C. The third-order valence-corrected chi connectivity index (χ3v) is 4.77. The molecule has 1 aromatic carbocycles. The van der Waals surface area contributed by atoms with E-state index in [0.717, 1.165) is 24.2 Å². The van der Waals surface area contributed by atoms with Crippen LogP contribution < -0.4 is 5.73 Å². The summed E-state index contributed by atoms with van der Waals surface area (Å²) in [5.74, 6) is 1.11. The summed E-state index contributed by atoms with van der Waals surface area (Å²) in [6.45, 7) is 7.90. The van der Waals surface area contributed by atoms with Crippen LogP contribution in [-0.4, -0.2) is 20.7 Å². The highest BCUT2D eigenvalue weighted by atomic mass is 35.5. The Hall–Kier alpha value is -2.66. The molecule has 1 amide bonds. The van der Waals surface area contributed by atoms with Crippen LogP contribution in [0.5, 0.6) is 0 Å². The number of primary amides is 1. The molecule has 0 aliphatic rings. The molecule has 0 spiro atoms. The second-order valence-corrected chi connectivity index (χ2v) is 6.63. The maximum Gasteiger partial charge on any atom is 0.248 e. The minimum atomic E-state index is -0.517. The molecule has 0 aliphatic heterocycles. The van der Waals surface area contributed by atoms with Gasteiger partial charge in [-0.05, 0) is 37.1 Å². The van der Waals surface area contributed by atoms with Crippen molar-refractivity contribution >= 4 is 17.5 Å². The molecule has 0 radical (unpaired) electrons. The van der Waals surface area contributed by atoms with Gasteiger partial charge in [0.2, 0.25) is 5.91 Å². The Bertz CT molecular complexity index is 896. The van der Waals surface area contributed by atoms with Crippen LogP contribution in [0.1, 0.15) is 48.8 Å². The highest BCUT2D eigenvalue weighted by Gasteiger charge is 2.22. The van der Waals surface area contributed by atoms with E-state index in [2.05, 4.69) is 35.9 Å². The number of carbonyl (C=O) groups excluding carboxylic acids is 1. The number of rotatable bonds is 8. The van der Waals surface area contributed by atoms with E-state index in [9.17, 15) is 4.79 Å².